The highest BCUT2D eigenvalue weighted by Gasteiger charge is 2.43. The maximum Gasteiger partial charge on any atom is 0.00682 e. The average molecular weight is 202 g/mol. The van der Waals surface area contributed by atoms with Gasteiger partial charge in [-0.25, -0.2) is 0 Å². The van der Waals surface area contributed by atoms with Crippen LogP contribution in [0, 0.1) is 17.3 Å². The predicted molar refractivity (Wildman–Crippen MR) is 66.6 cm³/mol. The lowest BCUT2D eigenvalue weighted by atomic mass is 9.56. The summed E-state index contributed by atoms with van der Waals surface area (Å²) in [5, 5.41) is 0. The Bertz CT molecular complexity index is 332. The summed E-state index contributed by atoms with van der Waals surface area (Å²) in [6.45, 7) is 11.2. The van der Waals surface area contributed by atoms with Gasteiger partial charge in [0.2, 0.25) is 0 Å². The second kappa shape index (κ2) is 3.66. The van der Waals surface area contributed by atoms with Crippen LogP contribution in [-0.4, -0.2) is 0 Å². The van der Waals surface area contributed by atoms with Crippen molar-refractivity contribution in [1.82, 2.24) is 0 Å². The molecule has 0 amide bonds. The van der Waals surface area contributed by atoms with Gasteiger partial charge in [0, 0.05) is 11.3 Å². The van der Waals surface area contributed by atoms with Crippen LogP contribution in [0.5, 0.6) is 0 Å². The van der Waals surface area contributed by atoms with Gasteiger partial charge in [-0.2, -0.15) is 0 Å². The molecule has 0 saturated heterocycles. The molecule has 0 N–H and O–H groups in total. The van der Waals surface area contributed by atoms with Crippen LogP contribution in [0.2, 0.25) is 0 Å². The Labute approximate surface area is 93.8 Å². The van der Waals surface area contributed by atoms with Gasteiger partial charge in [-0.05, 0) is 32.1 Å². The molecular weight excluding hydrogens is 180 g/mol. The van der Waals surface area contributed by atoms with E-state index >= 15 is 0 Å². The monoisotopic (exact) mass is 202 g/mol. The quantitative estimate of drug-likeness (QED) is 0.549. The molecule has 15 heavy (non-hydrogen) atoms. The fourth-order valence-corrected chi connectivity index (χ4v) is 3.41. The van der Waals surface area contributed by atoms with Gasteiger partial charge in [0.25, 0.3) is 0 Å². The Morgan fingerprint density at radius 1 is 1.53 bits per heavy atom. The minimum atomic E-state index is 0.346. The molecule has 1 fully saturated rings. The van der Waals surface area contributed by atoms with E-state index in [2.05, 4.69) is 45.6 Å². The number of fused-ring (bicyclic) bond motifs is 1. The zero-order chi connectivity index (χ0) is 11.1. The molecule has 0 heteroatoms. The minimum absolute atomic E-state index is 0.346. The van der Waals surface area contributed by atoms with E-state index in [1.54, 1.807) is 5.57 Å². The second-order valence-corrected chi connectivity index (χ2v) is 5.48. The van der Waals surface area contributed by atoms with E-state index in [4.69, 9.17) is 0 Å². The van der Waals surface area contributed by atoms with Crippen LogP contribution in [0.25, 0.3) is 0 Å². The van der Waals surface area contributed by atoms with E-state index in [9.17, 15) is 0 Å². The lowest BCUT2D eigenvalue weighted by Gasteiger charge is -2.48. The Morgan fingerprint density at radius 2 is 2.27 bits per heavy atom. The van der Waals surface area contributed by atoms with Gasteiger partial charge >= 0.3 is 0 Å². The standard InChI is InChI=1S/C15H22/c1-11(2)14-10-6-9-13-8-5-7-12(3)15(13,14)4/h6,9-10,12,14H,1,5,7-8H2,2-4H3. The van der Waals surface area contributed by atoms with Crippen molar-refractivity contribution in [2.45, 2.75) is 40.0 Å². The van der Waals surface area contributed by atoms with Crippen molar-refractivity contribution in [1.29, 1.82) is 0 Å². The fourth-order valence-electron chi connectivity index (χ4n) is 3.41. The third-order valence-corrected chi connectivity index (χ3v) is 4.58. The molecular formula is C15H22. The van der Waals surface area contributed by atoms with Crippen LogP contribution in [-0.2, 0) is 0 Å². The summed E-state index contributed by atoms with van der Waals surface area (Å²) in [5.74, 6) is 1.33. The van der Waals surface area contributed by atoms with Crippen LogP contribution < -0.4 is 0 Å². The zero-order valence-electron chi connectivity index (χ0n) is 10.2. The van der Waals surface area contributed by atoms with E-state index < -0.39 is 0 Å². The molecule has 82 valence electrons. The number of allylic oxidation sites excluding steroid dienone is 5. The maximum absolute atomic E-state index is 4.17. The molecule has 2 aliphatic carbocycles. The number of rotatable bonds is 1. The summed E-state index contributed by atoms with van der Waals surface area (Å²) in [6.07, 6.45) is 10.9. The highest BCUT2D eigenvalue weighted by molar-refractivity contribution is 5.34. The largest absolute Gasteiger partial charge is 0.0995 e. The van der Waals surface area contributed by atoms with Crippen LogP contribution >= 0.6 is 0 Å². The molecule has 0 aliphatic heterocycles. The van der Waals surface area contributed by atoms with Gasteiger partial charge in [-0.15, -0.1) is 0 Å². The molecule has 0 bridgehead atoms. The number of hydrogen-bond acceptors (Lipinski definition) is 0. The fraction of sp³-hybridized carbons (Fsp3) is 0.600. The average Bonchev–Trinajstić information content (AvgIpc) is 2.18. The lowest BCUT2D eigenvalue weighted by Crippen LogP contribution is -2.39. The number of hydrogen-bond donors (Lipinski definition) is 0. The summed E-state index contributed by atoms with van der Waals surface area (Å²) in [4.78, 5) is 0. The van der Waals surface area contributed by atoms with Gasteiger partial charge in [-0.3, -0.25) is 0 Å². The highest BCUT2D eigenvalue weighted by Crippen LogP contribution is 2.53. The molecule has 0 aromatic heterocycles. The van der Waals surface area contributed by atoms with Crippen LogP contribution in [0.4, 0.5) is 0 Å². The topological polar surface area (TPSA) is 0 Å². The second-order valence-electron chi connectivity index (χ2n) is 5.48. The summed E-state index contributed by atoms with van der Waals surface area (Å²) in [6, 6.07) is 0. The smallest absolute Gasteiger partial charge is 0.00682 e. The Hall–Kier alpha value is -0.780. The van der Waals surface area contributed by atoms with Gasteiger partial charge in [0.1, 0.15) is 0 Å². The van der Waals surface area contributed by atoms with E-state index in [0.717, 1.165) is 5.92 Å². The van der Waals surface area contributed by atoms with Crippen molar-refractivity contribution in [2.24, 2.45) is 17.3 Å². The molecule has 2 aliphatic rings. The SMILES string of the molecule is C=C(C)C1C=CC=C2CCCC(C)C21C. The molecule has 0 spiro atoms. The molecule has 1 saturated carbocycles. The Kier molecular flexibility index (Phi) is 2.62. The minimum Gasteiger partial charge on any atom is -0.0995 e. The molecule has 0 aromatic carbocycles. The van der Waals surface area contributed by atoms with Crippen LogP contribution in [0.15, 0.2) is 36.0 Å². The molecule has 2 rings (SSSR count). The molecule has 0 heterocycles. The van der Waals surface area contributed by atoms with Crippen molar-refractivity contribution < 1.29 is 0 Å². The summed E-state index contributed by atoms with van der Waals surface area (Å²) >= 11 is 0. The van der Waals surface area contributed by atoms with Gasteiger partial charge in [-0.1, -0.05) is 49.8 Å². The molecule has 0 radical (unpaired) electrons. The normalized spacial score (nSPS) is 39.5. The molecule has 3 unspecified atom stereocenters. The van der Waals surface area contributed by atoms with E-state index in [0.29, 0.717) is 11.3 Å². The summed E-state index contributed by atoms with van der Waals surface area (Å²) < 4.78 is 0. The third-order valence-electron chi connectivity index (χ3n) is 4.58. The highest BCUT2D eigenvalue weighted by atomic mass is 14.5. The zero-order valence-corrected chi connectivity index (χ0v) is 10.2. The van der Waals surface area contributed by atoms with E-state index in [1.165, 1.54) is 24.8 Å². The maximum atomic E-state index is 4.17. The van der Waals surface area contributed by atoms with Gasteiger partial charge in [0.05, 0.1) is 0 Å². The van der Waals surface area contributed by atoms with Gasteiger partial charge < -0.3 is 0 Å². The van der Waals surface area contributed by atoms with Crippen molar-refractivity contribution in [3.63, 3.8) is 0 Å². The lowest BCUT2D eigenvalue weighted by molar-refractivity contribution is 0.157. The Balaban J connectivity index is 2.42. The van der Waals surface area contributed by atoms with E-state index in [1.807, 2.05) is 0 Å². The summed E-state index contributed by atoms with van der Waals surface area (Å²) in [7, 11) is 0. The van der Waals surface area contributed by atoms with E-state index in [-0.39, 0.29) is 0 Å². The van der Waals surface area contributed by atoms with Crippen molar-refractivity contribution in [2.75, 3.05) is 0 Å². The van der Waals surface area contributed by atoms with Crippen molar-refractivity contribution >= 4 is 0 Å². The molecule has 0 nitrogen and oxygen atoms in total. The van der Waals surface area contributed by atoms with Crippen molar-refractivity contribution in [3.05, 3.63) is 36.0 Å². The predicted octanol–water partition coefficient (Wildman–Crippen LogP) is 4.50. The van der Waals surface area contributed by atoms with Crippen LogP contribution in [0.1, 0.15) is 40.0 Å². The first-order valence-electron chi connectivity index (χ1n) is 6.10. The molecule has 3 atom stereocenters. The van der Waals surface area contributed by atoms with Crippen LogP contribution in [0.3, 0.4) is 0 Å². The first-order chi connectivity index (χ1) is 7.06. The first-order valence-corrected chi connectivity index (χ1v) is 6.10. The van der Waals surface area contributed by atoms with Gasteiger partial charge in [0.15, 0.2) is 0 Å². The van der Waals surface area contributed by atoms with Crippen molar-refractivity contribution in [3.8, 4) is 0 Å². The Morgan fingerprint density at radius 3 is 2.93 bits per heavy atom. The first kappa shape index (κ1) is 10.7. The third kappa shape index (κ3) is 1.51. The summed E-state index contributed by atoms with van der Waals surface area (Å²) in [5.41, 5.74) is 3.31. The molecule has 0 aromatic rings.